The molecule has 0 aromatic rings. The zero-order chi connectivity index (χ0) is 12.2. The summed E-state index contributed by atoms with van der Waals surface area (Å²) in [4.78, 5) is 0. The van der Waals surface area contributed by atoms with E-state index < -0.39 is 10.2 Å². The third kappa shape index (κ3) is 3.16. The van der Waals surface area contributed by atoms with Crippen molar-refractivity contribution in [3.63, 3.8) is 0 Å². The Labute approximate surface area is 98.6 Å². The van der Waals surface area contributed by atoms with Crippen molar-refractivity contribution in [2.24, 2.45) is 5.73 Å². The molecular weight excluding hydrogens is 226 g/mol. The third-order valence-corrected chi connectivity index (χ3v) is 4.82. The van der Waals surface area contributed by atoms with Crippen molar-refractivity contribution in [1.29, 1.82) is 0 Å². The first-order valence-electron chi connectivity index (χ1n) is 6.01. The van der Waals surface area contributed by atoms with Gasteiger partial charge in [-0.1, -0.05) is 13.3 Å². The molecule has 1 saturated heterocycles. The topological polar surface area (TPSA) is 75.4 Å². The molecular formula is C10H23N3O2S. The van der Waals surface area contributed by atoms with Crippen molar-refractivity contribution in [1.82, 2.24) is 9.03 Å². The summed E-state index contributed by atoms with van der Waals surface area (Å²) in [5, 5.41) is 0. The minimum absolute atomic E-state index is 0.0434. The standard InChI is InChI=1S/C10H23N3O2S/c1-3-7-12-16(14,15)13-9(2)5-4-6-10(13)8-11/h9-10,12H,3-8,11H2,1-2H3. The summed E-state index contributed by atoms with van der Waals surface area (Å²) in [6, 6.07) is 0.00904. The Hall–Kier alpha value is -0.170. The predicted molar refractivity (Wildman–Crippen MR) is 65.2 cm³/mol. The van der Waals surface area contributed by atoms with E-state index in [4.69, 9.17) is 5.73 Å². The molecule has 1 heterocycles. The molecule has 2 atom stereocenters. The Morgan fingerprint density at radius 2 is 2.12 bits per heavy atom. The van der Waals surface area contributed by atoms with Crippen LogP contribution in [0.25, 0.3) is 0 Å². The third-order valence-electron chi connectivity index (χ3n) is 3.04. The molecule has 0 aromatic heterocycles. The van der Waals surface area contributed by atoms with Gasteiger partial charge in [0.2, 0.25) is 0 Å². The van der Waals surface area contributed by atoms with Crippen molar-refractivity contribution < 1.29 is 8.42 Å². The van der Waals surface area contributed by atoms with E-state index in [1.165, 1.54) is 0 Å². The molecule has 2 unspecified atom stereocenters. The minimum atomic E-state index is -3.35. The maximum atomic E-state index is 12.1. The number of nitrogens with two attached hydrogens (primary N) is 1. The molecule has 5 nitrogen and oxygen atoms in total. The van der Waals surface area contributed by atoms with E-state index >= 15 is 0 Å². The van der Waals surface area contributed by atoms with Gasteiger partial charge in [0.1, 0.15) is 0 Å². The molecule has 6 heteroatoms. The maximum Gasteiger partial charge on any atom is 0.279 e. The maximum absolute atomic E-state index is 12.1. The van der Waals surface area contributed by atoms with E-state index in [0.29, 0.717) is 13.1 Å². The van der Waals surface area contributed by atoms with E-state index in [1.54, 1.807) is 4.31 Å². The van der Waals surface area contributed by atoms with Gasteiger partial charge in [0, 0.05) is 25.2 Å². The summed E-state index contributed by atoms with van der Waals surface area (Å²) in [6.07, 6.45) is 3.65. The highest BCUT2D eigenvalue weighted by molar-refractivity contribution is 7.87. The van der Waals surface area contributed by atoms with Gasteiger partial charge in [-0.15, -0.1) is 0 Å². The molecule has 0 aromatic carbocycles. The van der Waals surface area contributed by atoms with Crippen LogP contribution in [0.2, 0.25) is 0 Å². The molecule has 0 spiro atoms. The fraction of sp³-hybridized carbons (Fsp3) is 1.00. The normalized spacial score (nSPS) is 28.2. The average Bonchev–Trinajstić information content (AvgIpc) is 2.25. The van der Waals surface area contributed by atoms with E-state index in [2.05, 4.69) is 4.72 Å². The van der Waals surface area contributed by atoms with Crippen LogP contribution in [0.4, 0.5) is 0 Å². The van der Waals surface area contributed by atoms with Gasteiger partial charge < -0.3 is 5.73 Å². The molecule has 0 radical (unpaired) electrons. The highest BCUT2D eigenvalue weighted by atomic mass is 32.2. The second-order valence-electron chi connectivity index (χ2n) is 4.40. The van der Waals surface area contributed by atoms with Crippen LogP contribution in [-0.4, -0.2) is 37.9 Å². The van der Waals surface area contributed by atoms with Crippen molar-refractivity contribution in [2.75, 3.05) is 13.1 Å². The number of hydrogen-bond donors (Lipinski definition) is 2. The van der Waals surface area contributed by atoms with Gasteiger partial charge >= 0.3 is 0 Å². The SMILES string of the molecule is CCCNS(=O)(=O)N1C(C)CCCC1CN. The zero-order valence-electron chi connectivity index (χ0n) is 10.1. The van der Waals surface area contributed by atoms with E-state index in [-0.39, 0.29) is 12.1 Å². The van der Waals surface area contributed by atoms with Crippen LogP contribution in [0, 0.1) is 0 Å². The summed E-state index contributed by atoms with van der Waals surface area (Å²) in [6.45, 7) is 4.79. The van der Waals surface area contributed by atoms with Crippen LogP contribution in [-0.2, 0) is 10.2 Å². The summed E-state index contributed by atoms with van der Waals surface area (Å²) < 4.78 is 28.3. The van der Waals surface area contributed by atoms with Crippen LogP contribution in [0.5, 0.6) is 0 Å². The zero-order valence-corrected chi connectivity index (χ0v) is 11.0. The second-order valence-corrected chi connectivity index (χ2v) is 6.06. The van der Waals surface area contributed by atoms with Gasteiger partial charge in [-0.3, -0.25) is 0 Å². The molecule has 1 aliphatic rings. The lowest BCUT2D eigenvalue weighted by Crippen LogP contribution is -2.55. The van der Waals surface area contributed by atoms with Gasteiger partial charge in [-0.2, -0.15) is 12.7 Å². The van der Waals surface area contributed by atoms with E-state index in [1.807, 2.05) is 13.8 Å². The fourth-order valence-corrected chi connectivity index (χ4v) is 4.00. The van der Waals surface area contributed by atoms with E-state index in [0.717, 1.165) is 25.7 Å². The number of nitrogens with one attached hydrogen (secondary N) is 1. The second kappa shape index (κ2) is 5.95. The lowest BCUT2D eigenvalue weighted by Gasteiger charge is -2.38. The summed E-state index contributed by atoms with van der Waals surface area (Å²) in [5.41, 5.74) is 5.65. The molecule has 0 amide bonds. The number of piperidine rings is 1. The highest BCUT2D eigenvalue weighted by Crippen LogP contribution is 2.24. The lowest BCUT2D eigenvalue weighted by atomic mass is 10.00. The average molecular weight is 249 g/mol. The summed E-state index contributed by atoms with van der Waals surface area (Å²) in [5.74, 6) is 0. The van der Waals surface area contributed by atoms with Crippen LogP contribution < -0.4 is 10.5 Å². The summed E-state index contributed by atoms with van der Waals surface area (Å²) >= 11 is 0. The monoisotopic (exact) mass is 249 g/mol. The van der Waals surface area contributed by atoms with Crippen LogP contribution in [0.15, 0.2) is 0 Å². The highest BCUT2D eigenvalue weighted by Gasteiger charge is 2.35. The number of rotatable bonds is 5. The van der Waals surface area contributed by atoms with Gasteiger partial charge in [0.25, 0.3) is 10.2 Å². The van der Waals surface area contributed by atoms with Crippen molar-refractivity contribution in [3.8, 4) is 0 Å². The quantitative estimate of drug-likeness (QED) is 0.742. The molecule has 0 aliphatic carbocycles. The number of nitrogens with zero attached hydrogens (tertiary/aromatic N) is 1. The fourth-order valence-electron chi connectivity index (χ4n) is 2.22. The summed E-state index contributed by atoms with van der Waals surface area (Å²) in [7, 11) is -3.35. The Bertz CT molecular complexity index is 305. The Morgan fingerprint density at radius 1 is 1.44 bits per heavy atom. The first-order valence-corrected chi connectivity index (χ1v) is 7.45. The van der Waals surface area contributed by atoms with Gasteiger partial charge in [-0.25, -0.2) is 4.72 Å². The first-order chi connectivity index (χ1) is 7.53. The van der Waals surface area contributed by atoms with Crippen molar-refractivity contribution in [2.45, 2.75) is 51.6 Å². The van der Waals surface area contributed by atoms with Gasteiger partial charge in [0.05, 0.1) is 0 Å². The van der Waals surface area contributed by atoms with Crippen LogP contribution >= 0.6 is 0 Å². The molecule has 0 bridgehead atoms. The van der Waals surface area contributed by atoms with E-state index in [9.17, 15) is 8.42 Å². The molecule has 1 rings (SSSR count). The van der Waals surface area contributed by atoms with Crippen molar-refractivity contribution in [3.05, 3.63) is 0 Å². The first kappa shape index (κ1) is 13.9. The Kier molecular flexibility index (Phi) is 5.17. The molecule has 1 fully saturated rings. The minimum Gasteiger partial charge on any atom is -0.329 e. The smallest absolute Gasteiger partial charge is 0.279 e. The molecule has 1 aliphatic heterocycles. The Balaban J connectivity index is 2.79. The van der Waals surface area contributed by atoms with Gasteiger partial charge in [0.15, 0.2) is 0 Å². The lowest BCUT2D eigenvalue weighted by molar-refractivity contribution is 0.193. The molecule has 16 heavy (non-hydrogen) atoms. The molecule has 96 valence electrons. The van der Waals surface area contributed by atoms with Crippen molar-refractivity contribution >= 4 is 10.2 Å². The largest absolute Gasteiger partial charge is 0.329 e. The Morgan fingerprint density at radius 3 is 2.69 bits per heavy atom. The van der Waals surface area contributed by atoms with Crippen LogP contribution in [0.3, 0.4) is 0 Å². The predicted octanol–water partition coefficient (Wildman–Crippen LogP) is 0.433. The van der Waals surface area contributed by atoms with Gasteiger partial charge in [-0.05, 0) is 26.2 Å². The molecule has 3 N–H and O–H groups in total. The number of hydrogen-bond acceptors (Lipinski definition) is 3. The van der Waals surface area contributed by atoms with Crippen LogP contribution in [0.1, 0.15) is 39.5 Å². The molecule has 0 saturated carbocycles.